The summed E-state index contributed by atoms with van der Waals surface area (Å²) in [4.78, 5) is 16.6. The second kappa shape index (κ2) is 14.6. The van der Waals surface area contributed by atoms with Crippen molar-refractivity contribution in [2.45, 2.75) is 43.2 Å². The first-order valence-corrected chi connectivity index (χ1v) is 15.7. The number of halogens is 5. The van der Waals surface area contributed by atoms with Crippen molar-refractivity contribution in [3.8, 4) is 11.1 Å². The summed E-state index contributed by atoms with van der Waals surface area (Å²) in [7, 11) is 0. The summed E-state index contributed by atoms with van der Waals surface area (Å²) in [6.07, 6.45) is 0.905. The van der Waals surface area contributed by atoms with Crippen molar-refractivity contribution in [2.75, 3.05) is 5.75 Å². The van der Waals surface area contributed by atoms with Crippen molar-refractivity contribution in [3.63, 3.8) is 0 Å². The molecule has 0 saturated carbocycles. The number of nitrogens with zero attached hydrogens (tertiary/aromatic N) is 2. The van der Waals surface area contributed by atoms with Gasteiger partial charge in [-0.2, -0.15) is 5.10 Å². The SMILES string of the molecule is O=C(NCc1cccc(-c2ccc([C@@H]3O[C@H](CSc4ncn[nH]4)C[C@H](c4ccc(CO)cc4)O3)cc2)c1)c1c(F)c(F)c(F)c(F)c1F. The number of aliphatic hydroxyl groups excluding tert-OH is 1. The van der Waals surface area contributed by atoms with E-state index >= 15 is 0 Å². The minimum atomic E-state index is -2.34. The Morgan fingerprint density at radius 3 is 2.21 bits per heavy atom. The summed E-state index contributed by atoms with van der Waals surface area (Å²) in [5.74, 6) is -12.0. The lowest BCUT2D eigenvalue weighted by Gasteiger charge is -2.36. The number of H-pyrrole nitrogens is 1. The van der Waals surface area contributed by atoms with Crippen LogP contribution in [0.1, 0.15) is 51.4 Å². The Labute approximate surface area is 275 Å². The minimum Gasteiger partial charge on any atom is -0.392 e. The van der Waals surface area contributed by atoms with Crippen LogP contribution in [0.25, 0.3) is 11.1 Å². The van der Waals surface area contributed by atoms with E-state index in [1.165, 1.54) is 18.1 Å². The highest BCUT2D eigenvalue weighted by Crippen LogP contribution is 2.39. The first-order chi connectivity index (χ1) is 23.2. The number of aromatic nitrogens is 3. The van der Waals surface area contributed by atoms with Crippen LogP contribution in [0.15, 0.2) is 84.3 Å². The molecule has 1 saturated heterocycles. The second-order valence-corrected chi connectivity index (χ2v) is 11.9. The molecule has 0 radical (unpaired) electrons. The van der Waals surface area contributed by atoms with Gasteiger partial charge in [0.25, 0.3) is 5.91 Å². The van der Waals surface area contributed by atoms with Gasteiger partial charge in [-0.15, -0.1) is 0 Å². The average molecular weight is 683 g/mol. The van der Waals surface area contributed by atoms with Gasteiger partial charge >= 0.3 is 0 Å². The van der Waals surface area contributed by atoms with Gasteiger partial charge in [0, 0.05) is 24.3 Å². The van der Waals surface area contributed by atoms with Gasteiger partial charge in [0.05, 0.1) is 18.8 Å². The minimum absolute atomic E-state index is 0.0592. The zero-order chi connectivity index (χ0) is 33.8. The Morgan fingerprint density at radius 1 is 0.854 bits per heavy atom. The highest BCUT2D eigenvalue weighted by molar-refractivity contribution is 7.99. The van der Waals surface area contributed by atoms with Crippen LogP contribution in [-0.2, 0) is 22.6 Å². The van der Waals surface area contributed by atoms with E-state index in [1.807, 2.05) is 54.6 Å². The van der Waals surface area contributed by atoms with Gasteiger partial charge in [0.2, 0.25) is 5.82 Å². The van der Waals surface area contributed by atoms with Crippen LogP contribution in [0.3, 0.4) is 0 Å². The van der Waals surface area contributed by atoms with Crippen molar-refractivity contribution < 1.29 is 41.3 Å². The van der Waals surface area contributed by atoms with Crippen LogP contribution in [0.2, 0.25) is 0 Å². The first kappa shape index (κ1) is 33.3. The number of carbonyl (C=O) groups is 1. The third-order valence-electron chi connectivity index (χ3n) is 7.75. The molecule has 0 aliphatic carbocycles. The molecule has 4 aromatic carbocycles. The van der Waals surface area contributed by atoms with Gasteiger partial charge in [-0.25, -0.2) is 26.9 Å². The number of rotatable bonds is 10. The van der Waals surface area contributed by atoms with E-state index in [9.17, 15) is 31.9 Å². The number of carbonyl (C=O) groups excluding carboxylic acids is 1. The summed E-state index contributed by atoms with van der Waals surface area (Å²) < 4.78 is 81.4. The molecule has 5 aromatic rings. The standard InChI is InChI=1S/C34H27F5N4O4S/c35-27-26(28(36)30(38)31(39)29(27)37)32(45)40-14-19-2-1-3-23(12-19)20-8-10-22(11-9-20)33-46-24(16-48-34-41-17-42-43-34)13-25(47-33)21-6-4-18(15-44)5-7-21/h1-12,17,24-25,33,44H,13-16H2,(H,40,45)(H,41,42,43)/t24-,25+,33+/m0/s1. The largest absolute Gasteiger partial charge is 0.392 e. The topological polar surface area (TPSA) is 109 Å². The molecule has 3 N–H and O–H groups in total. The van der Waals surface area contributed by atoms with E-state index in [-0.39, 0.29) is 25.4 Å². The third-order valence-corrected chi connectivity index (χ3v) is 8.76. The van der Waals surface area contributed by atoms with Crippen molar-refractivity contribution in [1.29, 1.82) is 0 Å². The fourth-order valence-corrected chi connectivity index (χ4v) is 6.02. The first-order valence-electron chi connectivity index (χ1n) is 14.7. The summed E-state index contributed by atoms with van der Waals surface area (Å²) in [6, 6.07) is 21.9. The molecule has 0 unspecified atom stereocenters. The number of nitrogens with one attached hydrogen (secondary N) is 2. The van der Waals surface area contributed by atoms with E-state index in [4.69, 9.17) is 9.47 Å². The Hall–Kier alpha value is -4.63. The lowest BCUT2D eigenvalue weighted by Crippen LogP contribution is -2.31. The van der Waals surface area contributed by atoms with Gasteiger partial charge in [-0.05, 0) is 33.9 Å². The maximum Gasteiger partial charge on any atom is 0.257 e. The molecular weight excluding hydrogens is 655 g/mol. The Morgan fingerprint density at radius 2 is 1.54 bits per heavy atom. The molecule has 1 aromatic heterocycles. The number of aromatic amines is 1. The van der Waals surface area contributed by atoms with Gasteiger partial charge in [-0.3, -0.25) is 9.89 Å². The molecular formula is C34H27F5N4O4S. The fraction of sp³-hybridized carbons (Fsp3) is 0.206. The van der Waals surface area contributed by atoms with E-state index in [1.54, 1.807) is 18.2 Å². The predicted molar refractivity (Wildman–Crippen MR) is 165 cm³/mol. The predicted octanol–water partition coefficient (Wildman–Crippen LogP) is 6.93. The lowest BCUT2D eigenvalue weighted by atomic mass is 9.99. The molecule has 6 rings (SSSR count). The monoisotopic (exact) mass is 682 g/mol. The smallest absolute Gasteiger partial charge is 0.257 e. The molecule has 1 aliphatic heterocycles. The molecule has 1 aliphatic rings. The molecule has 2 heterocycles. The van der Waals surface area contributed by atoms with Crippen LogP contribution >= 0.6 is 11.8 Å². The van der Waals surface area contributed by atoms with Crippen molar-refractivity contribution in [3.05, 3.63) is 136 Å². The molecule has 1 fully saturated rings. The highest BCUT2D eigenvalue weighted by Gasteiger charge is 2.33. The van der Waals surface area contributed by atoms with Crippen molar-refractivity contribution in [1.82, 2.24) is 20.5 Å². The Bertz CT molecular complexity index is 1870. The molecule has 248 valence electrons. The maximum absolute atomic E-state index is 14.1. The van der Waals surface area contributed by atoms with Gasteiger partial charge in [-0.1, -0.05) is 78.5 Å². The molecule has 14 heteroatoms. The zero-order valence-electron chi connectivity index (χ0n) is 24.9. The number of aliphatic hydroxyl groups is 1. The average Bonchev–Trinajstić information content (AvgIpc) is 3.65. The molecule has 0 spiro atoms. The molecule has 1 amide bonds. The third kappa shape index (κ3) is 7.26. The van der Waals surface area contributed by atoms with E-state index in [0.29, 0.717) is 22.9 Å². The summed E-state index contributed by atoms with van der Waals surface area (Å²) >= 11 is 1.49. The van der Waals surface area contributed by atoms with E-state index < -0.39 is 46.8 Å². The number of thioether (sulfide) groups is 1. The van der Waals surface area contributed by atoms with Gasteiger partial charge in [0.15, 0.2) is 34.7 Å². The van der Waals surface area contributed by atoms with Crippen LogP contribution < -0.4 is 5.32 Å². The van der Waals surface area contributed by atoms with Gasteiger partial charge in [0.1, 0.15) is 11.9 Å². The normalized spacial score (nSPS) is 17.8. The Balaban J connectivity index is 1.16. The number of benzene rings is 4. The van der Waals surface area contributed by atoms with Crippen LogP contribution in [0.4, 0.5) is 22.0 Å². The summed E-state index contributed by atoms with van der Waals surface area (Å²) in [5, 5.41) is 19.1. The fourth-order valence-electron chi connectivity index (χ4n) is 5.23. The van der Waals surface area contributed by atoms with Crippen LogP contribution in [0, 0.1) is 29.1 Å². The second-order valence-electron chi connectivity index (χ2n) is 10.9. The lowest BCUT2D eigenvalue weighted by molar-refractivity contribution is -0.245. The number of hydrogen-bond acceptors (Lipinski definition) is 7. The molecule has 0 bridgehead atoms. The molecule has 48 heavy (non-hydrogen) atoms. The van der Waals surface area contributed by atoms with Crippen molar-refractivity contribution in [2.24, 2.45) is 0 Å². The van der Waals surface area contributed by atoms with E-state index in [0.717, 1.165) is 27.8 Å². The number of ether oxygens (including phenoxy) is 2. The number of hydrogen-bond donors (Lipinski definition) is 3. The van der Waals surface area contributed by atoms with Crippen LogP contribution in [-0.4, -0.2) is 38.1 Å². The van der Waals surface area contributed by atoms with Gasteiger partial charge < -0.3 is 19.9 Å². The maximum atomic E-state index is 14.1. The van der Waals surface area contributed by atoms with E-state index in [2.05, 4.69) is 20.5 Å². The Kier molecular flexibility index (Phi) is 10.2. The van der Waals surface area contributed by atoms with Crippen LogP contribution in [0.5, 0.6) is 0 Å². The quantitative estimate of drug-likeness (QED) is 0.0635. The molecule has 3 atom stereocenters. The summed E-state index contributed by atoms with van der Waals surface area (Å²) in [6.45, 7) is -0.293. The van der Waals surface area contributed by atoms with Crippen molar-refractivity contribution >= 4 is 17.7 Å². The summed E-state index contributed by atoms with van der Waals surface area (Å²) in [5.41, 5.74) is 3.05. The number of amides is 1. The highest BCUT2D eigenvalue weighted by atomic mass is 32.2. The zero-order valence-corrected chi connectivity index (χ0v) is 25.7. The molecule has 8 nitrogen and oxygen atoms in total.